The molecular formula is C19H18F4N6. The molecule has 0 spiro atoms. The largest absolute Gasteiger partial charge is 0.418 e. The monoisotopic (exact) mass is 406 g/mol. The summed E-state index contributed by atoms with van der Waals surface area (Å²) < 4.78 is 58.5. The van der Waals surface area contributed by atoms with E-state index in [0.717, 1.165) is 12.4 Å². The van der Waals surface area contributed by atoms with Crippen LogP contribution in [0.4, 0.5) is 17.6 Å². The topological polar surface area (TPSA) is 60.4 Å². The first-order valence-corrected chi connectivity index (χ1v) is 8.97. The molecule has 4 aromatic heterocycles. The molecular weight excluding hydrogens is 388 g/mol. The van der Waals surface area contributed by atoms with Gasteiger partial charge in [0.05, 0.1) is 11.0 Å². The van der Waals surface area contributed by atoms with E-state index in [1.807, 2.05) is 13.8 Å². The van der Waals surface area contributed by atoms with Gasteiger partial charge in [0, 0.05) is 18.3 Å². The minimum Gasteiger partial charge on any atom is -0.286 e. The fraction of sp³-hybridized carbons (Fsp3) is 0.368. The summed E-state index contributed by atoms with van der Waals surface area (Å²) in [6, 6.07) is 4.00. The van der Waals surface area contributed by atoms with E-state index in [-0.39, 0.29) is 17.3 Å². The summed E-state index contributed by atoms with van der Waals surface area (Å²) in [4.78, 5) is 0. The van der Waals surface area contributed by atoms with Crippen LogP contribution in [0.15, 0.2) is 30.6 Å². The molecule has 0 aliphatic rings. The van der Waals surface area contributed by atoms with E-state index in [0.29, 0.717) is 17.1 Å². The third-order valence-corrected chi connectivity index (χ3v) is 4.99. The van der Waals surface area contributed by atoms with Gasteiger partial charge in [-0.15, -0.1) is 20.4 Å². The van der Waals surface area contributed by atoms with Crippen molar-refractivity contribution in [2.75, 3.05) is 0 Å². The molecule has 4 heterocycles. The van der Waals surface area contributed by atoms with Crippen molar-refractivity contribution in [2.24, 2.45) is 0 Å². The van der Waals surface area contributed by atoms with Crippen LogP contribution in [0, 0.1) is 5.82 Å². The Bertz CT molecular complexity index is 1220. The highest BCUT2D eigenvalue weighted by molar-refractivity contribution is 5.51. The first kappa shape index (κ1) is 19.3. The van der Waals surface area contributed by atoms with Gasteiger partial charge in [0.25, 0.3) is 0 Å². The number of hydrogen-bond donors (Lipinski definition) is 0. The second-order valence-electron chi connectivity index (χ2n) is 7.76. The number of pyridine rings is 2. The van der Waals surface area contributed by atoms with E-state index < -0.39 is 23.0 Å². The molecule has 29 heavy (non-hydrogen) atoms. The molecule has 0 aliphatic heterocycles. The van der Waals surface area contributed by atoms with Crippen molar-refractivity contribution in [1.82, 2.24) is 29.2 Å². The van der Waals surface area contributed by atoms with Crippen molar-refractivity contribution in [3.8, 4) is 0 Å². The van der Waals surface area contributed by atoms with E-state index in [2.05, 4.69) is 20.4 Å². The number of aromatic nitrogens is 6. The average molecular weight is 406 g/mol. The van der Waals surface area contributed by atoms with Crippen LogP contribution < -0.4 is 0 Å². The van der Waals surface area contributed by atoms with Crippen molar-refractivity contribution >= 4 is 11.3 Å². The van der Waals surface area contributed by atoms with E-state index in [1.165, 1.54) is 27.0 Å². The van der Waals surface area contributed by atoms with Gasteiger partial charge in [0.1, 0.15) is 17.5 Å². The molecule has 0 N–H and O–H groups in total. The van der Waals surface area contributed by atoms with Gasteiger partial charge < -0.3 is 0 Å². The SMILES string of the molecule is CC(C)c1nnc2cc(C(C)(C)c3nnc4ccc(F)cn34)c(C(F)(F)F)cn12. The molecule has 152 valence electrons. The highest BCUT2D eigenvalue weighted by atomic mass is 19.4. The number of halogens is 4. The molecule has 4 aromatic rings. The molecule has 0 bridgehead atoms. The van der Waals surface area contributed by atoms with Crippen molar-refractivity contribution in [3.63, 3.8) is 0 Å². The summed E-state index contributed by atoms with van der Waals surface area (Å²) in [5, 5.41) is 16.1. The molecule has 10 heteroatoms. The quantitative estimate of drug-likeness (QED) is 0.474. The summed E-state index contributed by atoms with van der Waals surface area (Å²) in [6.07, 6.45) is -2.44. The third kappa shape index (κ3) is 3.02. The first-order chi connectivity index (χ1) is 13.5. The lowest BCUT2D eigenvalue weighted by atomic mass is 9.81. The van der Waals surface area contributed by atoms with Gasteiger partial charge in [-0.1, -0.05) is 13.8 Å². The predicted molar refractivity (Wildman–Crippen MR) is 97.2 cm³/mol. The third-order valence-electron chi connectivity index (χ3n) is 4.99. The van der Waals surface area contributed by atoms with E-state index in [4.69, 9.17) is 0 Å². The van der Waals surface area contributed by atoms with Crippen LogP contribution in [0.25, 0.3) is 11.3 Å². The smallest absolute Gasteiger partial charge is 0.286 e. The van der Waals surface area contributed by atoms with Crippen LogP contribution in [0.1, 0.15) is 56.4 Å². The van der Waals surface area contributed by atoms with Gasteiger partial charge in [-0.3, -0.25) is 8.80 Å². The summed E-state index contributed by atoms with van der Waals surface area (Å²) >= 11 is 0. The predicted octanol–water partition coefficient (Wildman–Crippen LogP) is 4.38. The van der Waals surface area contributed by atoms with E-state index in [1.54, 1.807) is 13.8 Å². The van der Waals surface area contributed by atoms with Crippen molar-refractivity contribution in [2.45, 2.75) is 45.2 Å². The van der Waals surface area contributed by atoms with Crippen LogP contribution in [0.3, 0.4) is 0 Å². The van der Waals surface area contributed by atoms with Gasteiger partial charge in [-0.05, 0) is 37.6 Å². The second kappa shape index (κ2) is 6.23. The maximum atomic E-state index is 14.0. The molecule has 0 fully saturated rings. The van der Waals surface area contributed by atoms with Crippen LogP contribution >= 0.6 is 0 Å². The van der Waals surface area contributed by atoms with Crippen molar-refractivity contribution in [3.05, 3.63) is 59.2 Å². The molecule has 0 radical (unpaired) electrons. The fourth-order valence-electron chi connectivity index (χ4n) is 3.50. The zero-order valence-electron chi connectivity index (χ0n) is 16.2. The standard InChI is InChI=1S/C19H18F4N6/c1-10(2)16-26-25-15-7-12(13(9-28(15)16)19(21,22)23)18(3,4)17-27-24-14-6-5-11(20)8-29(14)17/h5-10H,1-4H3. The van der Waals surface area contributed by atoms with Gasteiger partial charge in [-0.25, -0.2) is 4.39 Å². The fourth-order valence-corrected chi connectivity index (χ4v) is 3.50. The molecule has 0 aliphatic carbocycles. The Morgan fingerprint density at radius 3 is 2.21 bits per heavy atom. The number of hydrogen-bond acceptors (Lipinski definition) is 4. The molecule has 0 atom stereocenters. The molecule has 0 amide bonds. The van der Waals surface area contributed by atoms with Crippen LogP contribution in [0.2, 0.25) is 0 Å². The van der Waals surface area contributed by atoms with Crippen LogP contribution in [-0.4, -0.2) is 29.2 Å². The van der Waals surface area contributed by atoms with E-state index >= 15 is 0 Å². The molecule has 4 rings (SSSR count). The second-order valence-corrected chi connectivity index (χ2v) is 7.76. The van der Waals surface area contributed by atoms with Gasteiger partial charge in [-0.2, -0.15) is 13.2 Å². The lowest BCUT2D eigenvalue weighted by Crippen LogP contribution is -2.27. The summed E-state index contributed by atoms with van der Waals surface area (Å²) in [5.74, 6) is -0.0245. The maximum absolute atomic E-state index is 14.0. The summed E-state index contributed by atoms with van der Waals surface area (Å²) in [6.45, 7) is 6.85. The van der Waals surface area contributed by atoms with Crippen LogP contribution in [0.5, 0.6) is 0 Å². The molecule has 0 saturated carbocycles. The first-order valence-electron chi connectivity index (χ1n) is 8.97. The number of nitrogens with zero attached hydrogens (tertiary/aromatic N) is 6. The maximum Gasteiger partial charge on any atom is 0.418 e. The Balaban J connectivity index is 2.01. The molecule has 0 saturated heterocycles. The minimum atomic E-state index is -4.62. The molecule has 0 unspecified atom stereocenters. The zero-order chi connectivity index (χ0) is 21.1. The Morgan fingerprint density at radius 2 is 1.55 bits per heavy atom. The van der Waals surface area contributed by atoms with Gasteiger partial charge in [0.2, 0.25) is 0 Å². The van der Waals surface area contributed by atoms with Gasteiger partial charge >= 0.3 is 6.18 Å². The molecule has 6 nitrogen and oxygen atoms in total. The average Bonchev–Trinajstić information content (AvgIpc) is 3.23. The van der Waals surface area contributed by atoms with E-state index in [9.17, 15) is 17.6 Å². The normalized spacial score (nSPS) is 13.1. The lowest BCUT2D eigenvalue weighted by molar-refractivity contribution is -0.138. The Labute approximate surface area is 163 Å². The number of alkyl halides is 3. The van der Waals surface area contributed by atoms with Crippen molar-refractivity contribution < 1.29 is 17.6 Å². The number of rotatable bonds is 3. The Kier molecular flexibility index (Phi) is 4.14. The zero-order valence-corrected chi connectivity index (χ0v) is 16.2. The summed E-state index contributed by atoms with van der Waals surface area (Å²) in [5.41, 5.74) is -1.48. The molecule has 0 aromatic carbocycles. The minimum absolute atomic E-state index is 0.0428. The number of fused-ring (bicyclic) bond motifs is 2. The highest BCUT2D eigenvalue weighted by Gasteiger charge is 2.41. The van der Waals surface area contributed by atoms with Crippen molar-refractivity contribution in [1.29, 1.82) is 0 Å². The van der Waals surface area contributed by atoms with Crippen LogP contribution in [-0.2, 0) is 11.6 Å². The lowest BCUT2D eigenvalue weighted by Gasteiger charge is -2.27. The Morgan fingerprint density at radius 1 is 0.862 bits per heavy atom. The van der Waals surface area contributed by atoms with Gasteiger partial charge in [0.15, 0.2) is 11.3 Å². The highest BCUT2D eigenvalue weighted by Crippen LogP contribution is 2.41. The summed E-state index contributed by atoms with van der Waals surface area (Å²) in [7, 11) is 0. The Hall–Kier alpha value is -3.04.